The van der Waals surface area contributed by atoms with Gasteiger partial charge < -0.3 is 16.0 Å². The summed E-state index contributed by atoms with van der Waals surface area (Å²) in [6.07, 6.45) is 0.780. The molecule has 1 rings (SSSR count). The predicted octanol–water partition coefficient (Wildman–Crippen LogP) is 1.84. The Labute approximate surface area is 124 Å². The Morgan fingerprint density at radius 3 is 2.52 bits per heavy atom. The fourth-order valence-electron chi connectivity index (χ4n) is 1.75. The lowest BCUT2D eigenvalue weighted by Crippen LogP contribution is -2.40. The molecule has 0 saturated heterocycles. The highest BCUT2D eigenvalue weighted by Crippen LogP contribution is 2.17. The smallest absolute Gasteiger partial charge is 0.256 e. The van der Waals surface area contributed by atoms with Crippen LogP contribution in [0.3, 0.4) is 0 Å². The van der Waals surface area contributed by atoms with E-state index in [1.807, 2.05) is 13.8 Å². The van der Waals surface area contributed by atoms with Gasteiger partial charge in [0, 0.05) is 19.8 Å². The van der Waals surface area contributed by atoms with Crippen molar-refractivity contribution in [2.45, 2.75) is 26.3 Å². The SMILES string of the molecule is CCC(C)C(N)C(=O)Nc1ccc(F)c(C(=O)N(C)C)c1. The minimum atomic E-state index is -0.645. The van der Waals surface area contributed by atoms with E-state index in [9.17, 15) is 14.0 Å². The van der Waals surface area contributed by atoms with Crippen LogP contribution in [-0.4, -0.2) is 36.9 Å². The highest BCUT2D eigenvalue weighted by Gasteiger charge is 2.20. The van der Waals surface area contributed by atoms with Gasteiger partial charge >= 0.3 is 0 Å². The molecule has 5 nitrogen and oxygen atoms in total. The number of hydrogen-bond acceptors (Lipinski definition) is 3. The van der Waals surface area contributed by atoms with E-state index in [-0.39, 0.29) is 17.4 Å². The van der Waals surface area contributed by atoms with Crippen LogP contribution >= 0.6 is 0 Å². The van der Waals surface area contributed by atoms with E-state index >= 15 is 0 Å². The van der Waals surface area contributed by atoms with Crippen molar-refractivity contribution in [3.8, 4) is 0 Å². The highest BCUT2D eigenvalue weighted by atomic mass is 19.1. The highest BCUT2D eigenvalue weighted by molar-refractivity contribution is 5.98. The van der Waals surface area contributed by atoms with Crippen LogP contribution in [0.4, 0.5) is 10.1 Å². The molecule has 1 aromatic carbocycles. The number of nitrogens with zero attached hydrogens (tertiary/aromatic N) is 1. The van der Waals surface area contributed by atoms with E-state index in [2.05, 4.69) is 5.32 Å². The molecule has 6 heteroatoms. The fraction of sp³-hybridized carbons (Fsp3) is 0.467. The van der Waals surface area contributed by atoms with E-state index < -0.39 is 17.8 Å². The Morgan fingerprint density at radius 2 is 2.00 bits per heavy atom. The zero-order chi connectivity index (χ0) is 16.2. The lowest BCUT2D eigenvalue weighted by atomic mass is 9.99. The van der Waals surface area contributed by atoms with Gasteiger partial charge in [-0.1, -0.05) is 20.3 Å². The summed E-state index contributed by atoms with van der Waals surface area (Å²) in [5.74, 6) is -1.40. The Bertz CT molecular complexity index is 532. The molecular formula is C15H22FN3O2. The molecule has 3 N–H and O–H groups in total. The molecule has 116 valence electrons. The van der Waals surface area contributed by atoms with Gasteiger partial charge in [-0.3, -0.25) is 9.59 Å². The maximum Gasteiger partial charge on any atom is 0.256 e. The number of carbonyl (C=O) groups is 2. The molecule has 21 heavy (non-hydrogen) atoms. The molecule has 0 bridgehead atoms. The second kappa shape index (κ2) is 7.17. The van der Waals surface area contributed by atoms with Gasteiger partial charge in [0.05, 0.1) is 11.6 Å². The van der Waals surface area contributed by atoms with Crippen molar-refractivity contribution in [2.24, 2.45) is 11.7 Å². The van der Waals surface area contributed by atoms with Gasteiger partial charge in [0.1, 0.15) is 5.82 Å². The molecule has 2 atom stereocenters. The van der Waals surface area contributed by atoms with Gasteiger partial charge in [-0.15, -0.1) is 0 Å². The largest absolute Gasteiger partial charge is 0.345 e. The summed E-state index contributed by atoms with van der Waals surface area (Å²) >= 11 is 0. The average molecular weight is 295 g/mol. The summed E-state index contributed by atoms with van der Waals surface area (Å²) < 4.78 is 13.7. The minimum absolute atomic E-state index is 0.0355. The van der Waals surface area contributed by atoms with Gasteiger partial charge in [-0.25, -0.2) is 4.39 Å². The minimum Gasteiger partial charge on any atom is -0.345 e. The van der Waals surface area contributed by atoms with E-state index in [1.54, 1.807) is 0 Å². The maximum absolute atomic E-state index is 13.7. The third kappa shape index (κ3) is 4.26. The average Bonchev–Trinajstić information content (AvgIpc) is 2.46. The third-order valence-corrected chi connectivity index (χ3v) is 3.43. The van der Waals surface area contributed by atoms with Crippen LogP contribution in [0, 0.1) is 11.7 Å². The van der Waals surface area contributed by atoms with Crippen LogP contribution in [0.1, 0.15) is 30.6 Å². The number of hydrogen-bond donors (Lipinski definition) is 2. The summed E-state index contributed by atoms with van der Waals surface area (Å²) in [7, 11) is 3.07. The third-order valence-electron chi connectivity index (χ3n) is 3.43. The molecule has 0 aliphatic heterocycles. The summed E-state index contributed by atoms with van der Waals surface area (Å²) in [5, 5.41) is 2.62. The number of amides is 2. The maximum atomic E-state index is 13.7. The number of benzene rings is 1. The van der Waals surface area contributed by atoms with Crippen molar-refractivity contribution in [3.05, 3.63) is 29.6 Å². The molecule has 2 amide bonds. The second-order valence-electron chi connectivity index (χ2n) is 5.29. The Balaban J connectivity index is 2.93. The van der Waals surface area contributed by atoms with Crippen LogP contribution in [0.5, 0.6) is 0 Å². The predicted molar refractivity (Wildman–Crippen MR) is 80.5 cm³/mol. The first-order valence-corrected chi connectivity index (χ1v) is 6.85. The molecule has 0 spiro atoms. The number of anilines is 1. The standard InChI is InChI=1S/C15H22FN3O2/c1-5-9(2)13(17)14(20)18-10-6-7-12(16)11(8-10)15(21)19(3)4/h6-9,13H,5,17H2,1-4H3,(H,18,20). The molecule has 0 aliphatic rings. The van der Waals surface area contributed by atoms with Crippen LogP contribution in [0.15, 0.2) is 18.2 Å². The van der Waals surface area contributed by atoms with Crippen molar-refractivity contribution in [3.63, 3.8) is 0 Å². The molecule has 0 saturated carbocycles. The molecule has 0 aromatic heterocycles. The summed E-state index contributed by atoms with van der Waals surface area (Å²) in [5.41, 5.74) is 6.10. The van der Waals surface area contributed by atoms with Gasteiger partial charge in [0.2, 0.25) is 5.91 Å². The Kier molecular flexibility index (Phi) is 5.84. The number of nitrogens with one attached hydrogen (secondary N) is 1. The first-order valence-electron chi connectivity index (χ1n) is 6.85. The second-order valence-corrected chi connectivity index (χ2v) is 5.29. The number of nitrogens with two attached hydrogens (primary N) is 1. The quantitative estimate of drug-likeness (QED) is 0.870. The van der Waals surface area contributed by atoms with Crippen molar-refractivity contribution in [1.82, 2.24) is 4.90 Å². The molecular weight excluding hydrogens is 273 g/mol. The van der Waals surface area contributed by atoms with Gasteiger partial charge in [-0.05, 0) is 24.1 Å². The molecule has 0 fully saturated rings. The lowest BCUT2D eigenvalue weighted by molar-refractivity contribution is -0.118. The van der Waals surface area contributed by atoms with Gasteiger partial charge in [-0.2, -0.15) is 0 Å². The first kappa shape index (κ1) is 17.1. The Hall–Kier alpha value is -1.95. The van der Waals surface area contributed by atoms with Crippen LogP contribution in [0.25, 0.3) is 0 Å². The van der Waals surface area contributed by atoms with Crippen LogP contribution in [-0.2, 0) is 4.79 Å². The summed E-state index contributed by atoms with van der Waals surface area (Å²) in [4.78, 5) is 25.1. The van der Waals surface area contributed by atoms with E-state index in [1.165, 1.54) is 31.1 Å². The van der Waals surface area contributed by atoms with Crippen molar-refractivity contribution >= 4 is 17.5 Å². The van der Waals surface area contributed by atoms with E-state index in [0.29, 0.717) is 5.69 Å². The van der Waals surface area contributed by atoms with E-state index in [4.69, 9.17) is 5.73 Å². The molecule has 1 aromatic rings. The van der Waals surface area contributed by atoms with E-state index in [0.717, 1.165) is 12.5 Å². The molecule has 0 heterocycles. The van der Waals surface area contributed by atoms with Crippen LogP contribution in [0.2, 0.25) is 0 Å². The van der Waals surface area contributed by atoms with Gasteiger partial charge in [0.25, 0.3) is 5.91 Å². The van der Waals surface area contributed by atoms with Crippen LogP contribution < -0.4 is 11.1 Å². The zero-order valence-electron chi connectivity index (χ0n) is 12.8. The fourth-order valence-corrected chi connectivity index (χ4v) is 1.75. The van der Waals surface area contributed by atoms with Crippen molar-refractivity contribution in [1.29, 1.82) is 0 Å². The van der Waals surface area contributed by atoms with Gasteiger partial charge in [0.15, 0.2) is 0 Å². The molecule has 2 unspecified atom stereocenters. The monoisotopic (exact) mass is 295 g/mol. The number of rotatable bonds is 5. The first-order chi connectivity index (χ1) is 9.77. The Morgan fingerprint density at radius 1 is 1.38 bits per heavy atom. The molecule has 0 aliphatic carbocycles. The topological polar surface area (TPSA) is 75.4 Å². The zero-order valence-corrected chi connectivity index (χ0v) is 12.8. The molecule has 0 radical (unpaired) electrons. The lowest BCUT2D eigenvalue weighted by Gasteiger charge is -2.18. The van der Waals surface area contributed by atoms with Crippen molar-refractivity contribution in [2.75, 3.05) is 19.4 Å². The summed E-state index contributed by atoms with van der Waals surface area (Å²) in [6.45, 7) is 3.83. The number of carbonyl (C=O) groups excluding carboxylic acids is 2. The van der Waals surface area contributed by atoms with Crippen molar-refractivity contribution < 1.29 is 14.0 Å². The summed E-state index contributed by atoms with van der Waals surface area (Å²) in [6, 6.07) is 3.23. The normalized spacial score (nSPS) is 13.4. The number of halogens is 1.